The molecule has 10 bridgehead atoms. The van der Waals surface area contributed by atoms with Gasteiger partial charge in [0.2, 0.25) is 0 Å². The molecule has 0 amide bonds. The van der Waals surface area contributed by atoms with Gasteiger partial charge in [-0.2, -0.15) is 0 Å². The second-order valence-corrected chi connectivity index (χ2v) is 17.0. The fraction of sp³-hybridized carbons (Fsp3) is 0.107. The normalized spacial score (nSPS) is 18.1. The first-order valence-electron chi connectivity index (χ1n) is 21.3. The Morgan fingerprint density at radius 2 is 0.935 bits per heavy atom. The van der Waals surface area contributed by atoms with Crippen LogP contribution in [0.3, 0.4) is 0 Å². The lowest BCUT2D eigenvalue weighted by molar-refractivity contribution is 0.403. The Morgan fingerprint density at radius 1 is 0.452 bits per heavy atom. The van der Waals surface area contributed by atoms with Gasteiger partial charge in [0.1, 0.15) is 11.5 Å². The molecule has 2 N–H and O–H groups in total. The molecule has 6 aromatic carbocycles. The van der Waals surface area contributed by atoms with Crippen molar-refractivity contribution < 1.29 is 9.47 Å². The summed E-state index contributed by atoms with van der Waals surface area (Å²) in [6.45, 7) is 0. The smallest absolute Gasteiger partial charge is 0.118 e. The van der Waals surface area contributed by atoms with Gasteiger partial charge in [0, 0.05) is 62.6 Å². The van der Waals surface area contributed by atoms with Crippen LogP contribution in [0.5, 0.6) is 11.5 Å². The Bertz CT molecular complexity index is 3440. The summed E-state index contributed by atoms with van der Waals surface area (Å²) in [5.74, 6) is 1.94. The second kappa shape index (κ2) is 13.4. The van der Waals surface area contributed by atoms with Gasteiger partial charge in [-0.1, -0.05) is 97.1 Å². The van der Waals surface area contributed by atoms with Gasteiger partial charge < -0.3 is 19.4 Å². The molecule has 5 heterocycles. The van der Waals surface area contributed by atoms with Crippen LogP contribution in [-0.2, 0) is 0 Å². The highest BCUT2D eigenvalue weighted by Gasteiger charge is 2.55. The molecular formula is C56H40N4O2. The average molecular weight is 801 g/mol. The Hall–Kier alpha value is -7.70. The topological polar surface area (TPSA) is 75.8 Å². The molecule has 0 fully saturated rings. The number of benzene rings is 6. The summed E-state index contributed by atoms with van der Waals surface area (Å²) >= 11 is 0. The number of methoxy groups -OCH3 is 2. The van der Waals surface area contributed by atoms with Crippen LogP contribution in [0.1, 0.15) is 68.7 Å². The first kappa shape index (κ1) is 35.1. The summed E-state index contributed by atoms with van der Waals surface area (Å²) in [6, 6.07) is 57.5. The molecule has 6 nitrogen and oxygen atoms in total. The molecule has 0 radical (unpaired) electrons. The fourth-order valence-electron chi connectivity index (χ4n) is 11.1. The van der Waals surface area contributed by atoms with Gasteiger partial charge in [-0.15, -0.1) is 0 Å². The van der Waals surface area contributed by atoms with Crippen LogP contribution < -0.4 is 9.47 Å². The highest BCUT2D eigenvalue weighted by molar-refractivity contribution is 5.93. The van der Waals surface area contributed by atoms with Crippen LogP contribution in [0.25, 0.3) is 78.0 Å². The van der Waals surface area contributed by atoms with E-state index in [1.165, 1.54) is 43.8 Å². The van der Waals surface area contributed by atoms with Crippen molar-refractivity contribution in [2.24, 2.45) is 0 Å². The molecule has 9 aromatic rings. The minimum Gasteiger partial charge on any atom is -0.497 e. The quantitative estimate of drug-likeness (QED) is 0.186. The standard InChI is InChI=1S/C56H40N4O2/c1-61-40-18-11-31(12-19-40)50-46-22-15-37(57-46)29-38-16-24-48(58-38)51(32-13-20-41(62-2)21-14-32)56-55-53-44-27-35-9-5-3-7-33(35)25-42(44)52(43-26-34-8-4-6-10-36(34)28-45(43)53)54(55)49(60-56)30-39-17-23-47(50)59-39/h3-30,52-55,58-59H,1-2H3. The number of nitrogens with one attached hydrogen (secondary N) is 2. The maximum atomic E-state index is 5.91. The zero-order valence-electron chi connectivity index (χ0n) is 34.2. The number of hydrogen-bond donors (Lipinski definition) is 2. The lowest BCUT2D eigenvalue weighted by Gasteiger charge is -2.48. The summed E-state index contributed by atoms with van der Waals surface area (Å²) in [4.78, 5) is 18.8. The minimum absolute atomic E-state index is 0.0619. The van der Waals surface area contributed by atoms with Crippen molar-refractivity contribution in [3.05, 3.63) is 203 Å². The third-order valence-electron chi connectivity index (χ3n) is 13.7. The first-order chi connectivity index (χ1) is 30.6. The Balaban J connectivity index is 1.16. The molecule has 5 aliphatic rings. The van der Waals surface area contributed by atoms with Gasteiger partial charge in [0.25, 0.3) is 0 Å². The molecule has 0 spiro atoms. The van der Waals surface area contributed by atoms with E-state index in [1.54, 1.807) is 14.2 Å². The SMILES string of the molecule is COc1ccc(-c2c3nc(cc4ccc([nH]4)c(-c4ccc(OC)cc4)c4nc(cc5ccc2[nH]5)C2C5c6cc7ccccc7cc6C(c6cc7ccccc7cc65)C42)C=C3)cc1. The van der Waals surface area contributed by atoms with Crippen molar-refractivity contribution in [3.8, 4) is 33.8 Å². The number of hydrogen-bond acceptors (Lipinski definition) is 4. The molecule has 2 aliphatic heterocycles. The first-order valence-corrected chi connectivity index (χ1v) is 21.3. The Kier molecular flexibility index (Phi) is 7.59. The number of aromatic amines is 2. The van der Waals surface area contributed by atoms with Gasteiger partial charge >= 0.3 is 0 Å². The zero-order chi connectivity index (χ0) is 41.1. The molecule has 3 aliphatic carbocycles. The maximum Gasteiger partial charge on any atom is 0.118 e. The predicted octanol–water partition coefficient (Wildman–Crippen LogP) is 13.3. The van der Waals surface area contributed by atoms with Crippen LogP contribution in [0.2, 0.25) is 0 Å². The van der Waals surface area contributed by atoms with Crippen LogP contribution in [0, 0.1) is 0 Å². The van der Waals surface area contributed by atoms with E-state index in [9.17, 15) is 0 Å². The molecule has 14 rings (SSSR count). The van der Waals surface area contributed by atoms with E-state index in [-0.39, 0.29) is 23.7 Å². The molecule has 0 saturated heterocycles. The highest BCUT2D eigenvalue weighted by atomic mass is 16.5. The van der Waals surface area contributed by atoms with Crippen LogP contribution in [0.15, 0.2) is 158 Å². The monoisotopic (exact) mass is 800 g/mol. The van der Waals surface area contributed by atoms with E-state index < -0.39 is 0 Å². The van der Waals surface area contributed by atoms with Crippen molar-refractivity contribution in [2.45, 2.75) is 23.7 Å². The average Bonchev–Trinajstić information content (AvgIpc) is 4.15. The summed E-state index contributed by atoms with van der Waals surface area (Å²) < 4.78 is 11.2. The van der Waals surface area contributed by atoms with Gasteiger partial charge in [-0.25, -0.2) is 4.98 Å². The van der Waals surface area contributed by atoms with E-state index in [0.29, 0.717) is 0 Å². The van der Waals surface area contributed by atoms with Gasteiger partial charge in [-0.05, 0) is 128 Å². The van der Waals surface area contributed by atoms with Gasteiger partial charge in [0.15, 0.2) is 0 Å². The molecule has 62 heavy (non-hydrogen) atoms. The molecule has 296 valence electrons. The number of H-pyrrole nitrogens is 2. The lowest BCUT2D eigenvalue weighted by atomic mass is 9.53. The second-order valence-electron chi connectivity index (χ2n) is 17.0. The summed E-state index contributed by atoms with van der Waals surface area (Å²) in [5, 5.41) is 5.08. The number of rotatable bonds is 4. The fourth-order valence-corrected chi connectivity index (χ4v) is 11.1. The van der Waals surface area contributed by atoms with Crippen molar-refractivity contribution in [2.75, 3.05) is 14.2 Å². The van der Waals surface area contributed by atoms with E-state index in [1.807, 2.05) is 12.1 Å². The Labute approximate surface area is 358 Å². The number of nitrogens with zero attached hydrogens (tertiary/aromatic N) is 2. The van der Waals surface area contributed by atoms with E-state index >= 15 is 0 Å². The van der Waals surface area contributed by atoms with Gasteiger partial charge in [-0.3, -0.25) is 4.98 Å². The molecular weight excluding hydrogens is 761 g/mol. The third kappa shape index (κ3) is 5.29. The molecule has 6 heteroatoms. The number of aromatic nitrogens is 4. The van der Waals surface area contributed by atoms with E-state index in [4.69, 9.17) is 19.4 Å². The predicted molar refractivity (Wildman–Crippen MR) is 251 cm³/mol. The minimum atomic E-state index is 0.0619. The van der Waals surface area contributed by atoms with Gasteiger partial charge in [0.05, 0.1) is 31.3 Å². The molecule has 3 aromatic heterocycles. The summed E-state index contributed by atoms with van der Waals surface area (Å²) in [6.07, 6.45) is 4.20. The lowest BCUT2D eigenvalue weighted by Crippen LogP contribution is -2.35. The van der Waals surface area contributed by atoms with Crippen LogP contribution in [0.4, 0.5) is 0 Å². The van der Waals surface area contributed by atoms with Crippen molar-refractivity contribution in [3.63, 3.8) is 0 Å². The van der Waals surface area contributed by atoms with Crippen molar-refractivity contribution in [1.82, 2.24) is 19.9 Å². The molecule has 0 saturated carbocycles. The van der Waals surface area contributed by atoms with Crippen LogP contribution >= 0.6 is 0 Å². The third-order valence-corrected chi connectivity index (χ3v) is 13.7. The number of ether oxygens (including phenoxy) is 2. The summed E-state index contributed by atoms with van der Waals surface area (Å²) in [7, 11) is 3.42. The highest BCUT2D eigenvalue weighted by Crippen LogP contribution is 2.67. The van der Waals surface area contributed by atoms with Crippen LogP contribution in [-0.4, -0.2) is 34.2 Å². The molecule has 2 atom stereocenters. The largest absolute Gasteiger partial charge is 0.497 e. The van der Waals surface area contributed by atoms with Crippen molar-refractivity contribution in [1.29, 1.82) is 0 Å². The molecule has 2 unspecified atom stereocenters. The number of fused-ring (bicyclic) bond motifs is 10. The van der Waals surface area contributed by atoms with E-state index in [2.05, 4.69) is 168 Å². The maximum absolute atomic E-state index is 5.91. The Morgan fingerprint density at radius 3 is 1.47 bits per heavy atom. The summed E-state index contributed by atoms with van der Waals surface area (Å²) in [5.41, 5.74) is 17.9. The zero-order valence-corrected chi connectivity index (χ0v) is 34.2. The van der Waals surface area contributed by atoms with Crippen molar-refractivity contribution >= 4 is 55.8 Å². The van der Waals surface area contributed by atoms with E-state index in [0.717, 1.165) is 78.6 Å².